The van der Waals surface area contributed by atoms with E-state index in [1.54, 1.807) is 0 Å². The third kappa shape index (κ3) is 2.64. The highest BCUT2D eigenvalue weighted by atomic mass is 16.1. The zero-order valence-corrected chi connectivity index (χ0v) is 10.8. The van der Waals surface area contributed by atoms with Crippen molar-refractivity contribution < 1.29 is 4.79 Å². The molecule has 2 nitrogen and oxygen atoms in total. The lowest BCUT2D eigenvalue weighted by molar-refractivity contribution is 0.112. The molecule has 2 saturated carbocycles. The van der Waals surface area contributed by atoms with Gasteiger partial charge in [0.15, 0.2) is 0 Å². The van der Waals surface area contributed by atoms with Gasteiger partial charge in [0.2, 0.25) is 0 Å². The smallest absolute Gasteiger partial charge is 0.150 e. The second-order valence-corrected chi connectivity index (χ2v) is 5.74. The standard InChI is InChI=1S/C16H21NO/c18-11-12-5-4-6-13(9-12)15-10-16(15)17-14-7-2-1-3-8-14/h4-6,9,11,14-17H,1-3,7-8,10H2. The fourth-order valence-corrected chi connectivity index (χ4v) is 3.18. The van der Waals surface area contributed by atoms with Crippen LogP contribution in [0.25, 0.3) is 0 Å². The van der Waals surface area contributed by atoms with Gasteiger partial charge in [-0.3, -0.25) is 4.79 Å². The van der Waals surface area contributed by atoms with Gasteiger partial charge in [0.1, 0.15) is 6.29 Å². The molecule has 2 aliphatic carbocycles. The number of carbonyl (C=O) groups excluding carboxylic acids is 1. The Morgan fingerprint density at radius 2 is 2.00 bits per heavy atom. The highest BCUT2D eigenvalue weighted by Gasteiger charge is 2.39. The summed E-state index contributed by atoms with van der Waals surface area (Å²) in [5.41, 5.74) is 2.13. The Hall–Kier alpha value is -1.15. The maximum Gasteiger partial charge on any atom is 0.150 e. The minimum Gasteiger partial charge on any atom is -0.311 e. The highest BCUT2D eigenvalue weighted by molar-refractivity contribution is 5.75. The molecule has 2 unspecified atom stereocenters. The number of nitrogens with one attached hydrogen (secondary N) is 1. The van der Waals surface area contributed by atoms with Crippen molar-refractivity contribution in [2.75, 3.05) is 0 Å². The van der Waals surface area contributed by atoms with Gasteiger partial charge in [-0.2, -0.15) is 0 Å². The van der Waals surface area contributed by atoms with Crippen molar-refractivity contribution in [3.05, 3.63) is 35.4 Å². The van der Waals surface area contributed by atoms with Gasteiger partial charge in [-0.15, -0.1) is 0 Å². The topological polar surface area (TPSA) is 29.1 Å². The molecule has 2 fully saturated rings. The molecule has 1 aromatic carbocycles. The fraction of sp³-hybridized carbons (Fsp3) is 0.562. The van der Waals surface area contributed by atoms with Crippen molar-refractivity contribution >= 4 is 6.29 Å². The first-order valence-electron chi connectivity index (χ1n) is 7.18. The summed E-state index contributed by atoms with van der Waals surface area (Å²) in [5.74, 6) is 0.631. The quantitative estimate of drug-likeness (QED) is 0.822. The van der Waals surface area contributed by atoms with Crippen LogP contribution in [-0.4, -0.2) is 18.4 Å². The summed E-state index contributed by atoms with van der Waals surface area (Å²) in [6.07, 6.45) is 9.04. The van der Waals surface area contributed by atoms with Crippen LogP contribution < -0.4 is 5.32 Å². The van der Waals surface area contributed by atoms with Crippen molar-refractivity contribution in [1.82, 2.24) is 5.32 Å². The van der Waals surface area contributed by atoms with Crippen molar-refractivity contribution in [2.45, 2.75) is 56.5 Å². The number of hydrogen-bond acceptors (Lipinski definition) is 2. The summed E-state index contributed by atoms with van der Waals surface area (Å²) in [4.78, 5) is 10.8. The number of aldehydes is 1. The van der Waals surface area contributed by atoms with Crippen LogP contribution in [0, 0.1) is 0 Å². The van der Waals surface area contributed by atoms with Gasteiger partial charge >= 0.3 is 0 Å². The number of benzene rings is 1. The van der Waals surface area contributed by atoms with Gasteiger partial charge in [-0.25, -0.2) is 0 Å². The van der Waals surface area contributed by atoms with E-state index in [9.17, 15) is 4.79 Å². The third-order valence-corrected chi connectivity index (χ3v) is 4.32. The van der Waals surface area contributed by atoms with Crippen LogP contribution in [0.1, 0.15) is 60.4 Å². The molecular formula is C16H21NO. The van der Waals surface area contributed by atoms with Gasteiger partial charge in [-0.05, 0) is 30.9 Å². The molecule has 0 amide bonds. The SMILES string of the molecule is O=Cc1cccc(C2CC2NC2CCCCC2)c1. The van der Waals surface area contributed by atoms with E-state index in [4.69, 9.17) is 0 Å². The molecule has 0 bridgehead atoms. The molecule has 0 radical (unpaired) electrons. The first kappa shape index (κ1) is 11.9. The zero-order chi connectivity index (χ0) is 12.4. The summed E-state index contributed by atoms with van der Waals surface area (Å²) in [6, 6.07) is 9.45. The third-order valence-electron chi connectivity index (χ3n) is 4.32. The van der Waals surface area contributed by atoms with Gasteiger partial charge < -0.3 is 5.32 Å². The van der Waals surface area contributed by atoms with Crippen LogP contribution in [0.15, 0.2) is 24.3 Å². The Labute approximate surface area is 109 Å². The lowest BCUT2D eigenvalue weighted by atomic mass is 9.95. The molecule has 2 heteroatoms. The van der Waals surface area contributed by atoms with Crippen molar-refractivity contribution in [3.63, 3.8) is 0 Å². The van der Waals surface area contributed by atoms with Crippen molar-refractivity contribution in [1.29, 1.82) is 0 Å². The molecule has 1 aromatic rings. The molecule has 18 heavy (non-hydrogen) atoms. The Morgan fingerprint density at radius 3 is 2.78 bits per heavy atom. The largest absolute Gasteiger partial charge is 0.311 e. The molecule has 0 spiro atoms. The Morgan fingerprint density at radius 1 is 1.17 bits per heavy atom. The van der Waals surface area contributed by atoms with E-state index in [0.717, 1.165) is 17.9 Å². The van der Waals surface area contributed by atoms with E-state index in [0.29, 0.717) is 12.0 Å². The molecule has 1 N–H and O–H groups in total. The fourth-order valence-electron chi connectivity index (χ4n) is 3.18. The van der Waals surface area contributed by atoms with Gasteiger partial charge in [-0.1, -0.05) is 37.5 Å². The van der Waals surface area contributed by atoms with E-state index in [2.05, 4.69) is 11.4 Å². The first-order valence-corrected chi connectivity index (χ1v) is 7.18. The summed E-state index contributed by atoms with van der Waals surface area (Å²) < 4.78 is 0. The van der Waals surface area contributed by atoms with E-state index < -0.39 is 0 Å². The highest BCUT2D eigenvalue weighted by Crippen LogP contribution is 2.41. The van der Waals surface area contributed by atoms with Crippen molar-refractivity contribution in [2.24, 2.45) is 0 Å². The minimum atomic E-state index is 0.631. The molecule has 3 rings (SSSR count). The molecule has 96 valence electrons. The Kier molecular flexibility index (Phi) is 3.46. The molecule has 0 heterocycles. The molecule has 0 aromatic heterocycles. The van der Waals surface area contributed by atoms with Gasteiger partial charge in [0, 0.05) is 23.6 Å². The average molecular weight is 243 g/mol. The lowest BCUT2D eigenvalue weighted by Crippen LogP contribution is -2.33. The Bertz CT molecular complexity index is 423. The summed E-state index contributed by atoms with van der Waals surface area (Å²) in [7, 11) is 0. The Balaban J connectivity index is 1.57. The first-order chi connectivity index (χ1) is 8.86. The number of rotatable bonds is 4. The molecular weight excluding hydrogens is 222 g/mol. The minimum absolute atomic E-state index is 0.631. The van der Waals surface area contributed by atoms with E-state index in [-0.39, 0.29) is 0 Å². The van der Waals surface area contributed by atoms with Crippen molar-refractivity contribution in [3.8, 4) is 0 Å². The number of hydrogen-bond donors (Lipinski definition) is 1. The average Bonchev–Trinajstić information content (AvgIpc) is 3.19. The predicted octanol–water partition coefficient (Wildman–Crippen LogP) is 3.28. The van der Waals surface area contributed by atoms with Crippen LogP contribution in [0.3, 0.4) is 0 Å². The summed E-state index contributed by atoms with van der Waals surface area (Å²) >= 11 is 0. The van der Waals surface area contributed by atoms with E-state index in [1.807, 2.05) is 18.2 Å². The monoisotopic (exact) mass is 243 g/mol. The molecule has 2 atom stereocenters. The van der Waals surface area contributed by atoms with Crippen LogP contribution in [0.2, 0.25) is 0 Å². The number of carbonyl (C=O) groups is 1. The van der Waals surface area contributed by atoms with Gasteiger partial charge in [0.25, 0.3) is 0 Å². The van der Waals surface area contributed by atoms with Crippen LogP contribution >= 0.6 is 0 Å². The van der Waals surface area contributed by atoms with E-state index >= 15 is 0 Å². The van der Waals surface area contributed by atoms with Gasteiger partial charge in [0.05, 0.1) is 0 Å². The summed E-state index contributed by atoms with van der Waals surface area (Å²) in [5, 5.41) is 3.79. The maximum atomic E-state index is 10.8. The predicted molar refractivity (Wildman–Crippen MR) is 73.0 cm³/mol. The second-order valence-electron chi connectivity index (χ2n) is 5.74. The normalized spacial score (nSPS) is 28.0. The molecule has 0 aliphatic heterocycles. The van der Waals surface area contributed by atoms with Crippen LogP contribution in [-0.2, 0) is 0 Å². The molecule has 0 saturated heterocycles. The van der Waals surface area contributed by atoms with E-state index in [1.165, 1.54) is 44.1 Å². The lowest BCUT2D eigenvalue weighted by Gasteiger charge is -2.23. The summed E-state index contributed by atoms with van der Waals surface area (Å²) in [6.45, 7) is 0. The van der Waals surface area contributed by atoms with Crippen LogP contribution in [0.4, 0.5) is 0 Å². The van der Waals surface area contributed by atoms with Crippen LogP contribution in [0.5, 0.6) is 0 Å². The maximum absolute atomic E-state index is 10.8. The second kappa shape index (κ2) is 5.23. The zero-order valence-electron chi connectivity index (χ0n) is 10.8. The molecule has 2 aliphatic rings.